The van der Waals surface area contributed by atoms with E-state index in [2.05, 4.69) is 70.0 Å². The van der Waals surface area contributed by atoms with Gasteiger partial charge in [-0.2, -0.15) is 0 Å². The summed E-state index contributed by atoms with van der Waals surface area (Å²) in [5.74, 6) is 1.16. The number of rotatable bonds is 12. The smallest absolute Gasteiger partial charge is 0.216 e. The van der Waals surface area contributed by atoms with Crippen molar-refractivity contribution in [3.8, 4) is 11.4 Å². The molecule has 0 aliphatic carbocycles. The highest BCUT2D eigenvalue weighted by atomic mass is 32.2. The standard InChI is InChI=1S/C24H31N5O2S2/c1-5-28(6-2)19-10-8-18(9-11-19)23-26-27-24(29(23)7-3)32-16-21(31)22-13-12-20(33-22)14-15-25-17(4)30/h8-13H,5-7,14-16H2,1-4H3,(H,25,30). The molecular formula is C24H31N5O2S2. The van der Waals surface area contributed by atoms with Crippen LogP contribution in [0.2, 0.25) is 0 Å². The summed E-state index contributed by atoms with van der Waals surface area (Å²) in [6.45, 7) is 11.1. The summed E-state index contributed by atoms with van der Waals surface area (Å²) in [6, 6.07) is 12.2. The number of aromatic nitrogens is 3. The van der Waals surface area contributed by atoms with Crippen LogP contribution in [0.15, 0.2) is 41.6 Å². The number of nitrogens with zero attached hydrogens (tertiary/aromatic N) is 4. The maximum atomic E-state index is 12.7. The van der Waals surface area contributed by atoms with E-state index in [9.17, 15) is 9.59 Å². The van der Waals surface area contributed by atoms with Gasteiger partial charge in [0, 0.05) is 49.2 Å². The van der Waals surface area contributed by atoms with Crippen LogP contribution in [-0.2, 0) is 17.8 Å². The van der Waals surface area contributed by atoms with Crippen molar-refractivity contribution in [3.63, 3.8) is 0 Å². The molecule has 3 rings (SSSR count). The second kappa shape index (κ2) is 12.0. The van der Waals surface area contributed by atoms with Crippen molar-refractivity contribution in [1.29, 1.82) is 0 Å². The Morgan fingerprint density at radius 2 is 1.79 bits per heavy atom. The van der Waals surface area contributed by atoms with Gasteiger partial charge in [-0.1, -0.05) is 11.8 Å². The van der Waals surface area contributed by atoms with Crippen molar-refractivity contribution in [3.05, 3.63) is 46.2 Å². The zero-order valence-corrected chi connectivity index (χ0v) is 21.3. The fraction of sp³-hybridized carbons (Fsp3) is 0.417. The highest BCUT2D eigenvalue weighted by molar-refractivity contribution is 7.99. The lowest BCUT2D eigenvalue weighted by Crippen LogP contribution is -2.22. The van der Waals surface area contributed by atoms with Crippen LogP contribution in [0.3, 0.4) is 0 Å². The number of nitrogens with one attached hydrogen (secondary N) is 1. The maximum absolute atomic E-state index is 12.7. The topological polar surface area (TPSA) is 80.1 Å². The summed E-state index contributed by atoms with van der Waals surface area (Å²) in [6.07, 6.45) is 0.727. The summed E-state index contributed by atoms with van der Waals surface area (Å²) in [7, 11) is 0. The molecule has 0 atom stereocenters. The van der Waals surface area contributed by atoms with Crippen molar-refractivity contribution < 1.29 is 9.59 Å². The molecular weight excluding hydrogens is 454 g/mol. The van der Waals surface area contributed by atoms with Gasteiger partial charge in [0.05, 0.1) is 10.6 Å². The molecule has 0 saturated heterocycles. The molecule has 0 aliphatic heterocycles. The molecule has 9 heteroatoms. The van der Waals surface area contributed by atoms with Gasteiger partial charge in [0.15, 0.2) is 16.8 Å². The first-order chi connectivity index (χ1) is 16.0. The molecule has 1 N–H and O–H groups in total. The summed E-state index contributed by atoms with van der Waals surface area (Å²) in [4.78, 5) is 27.8. The summed E-state index contributed by atoms with van der Waals surface area (Å²) >= 11 is 2.90. The van der Waals surface area contributed by atoms with Gasteiger partial charge in [-0.15, -0.1) is 21.5 Å². The molecule has 0 radical (unpaired) electrons. The lowest BCUT2D eigenvalue weighted by molar-refractivity contribution is -0.118. The quantitative estimate of drug-likeness (QED) is 0.300. The fourth-order valence-corrected chi connectivity index (χ4v) is 5.45. The van der Waals surface area contributed by atoms with Gasteiger partial charge in [-0.05, 0) is 63.6 Å². The van der Waals surface area contributed by atoms with Gasteiger partial charge in [-0.25, -0.2) is 0 Å². The Morgan fingerprint density at radius 1 is 1.06 bits per heavy atom. The predicted molar refractivity (Wildman–Crippen MR) is 136 cm³/mol. The number of anilines is 1. The summed E-state index contributed by atoms with van der Waals surface area (Å²) in [5.41, 5.74) is 2.21. The maximum Gasteiger partial charge on any atom is 0.216 e. The van der Waals surface area contributed by atoms with Gasteiger partial charge in [-0.3, -0.25) is 9.59 Å². The van der Waals surface area contributed by atoms with Crippen LogP contribution in [0.4, 0.5) is 5.69 Å². The molecule has 0 bridgehead atoms. The van der Waals surface area contributed by atoms with E-state index in [1.807, 2.05) is 12.1 Å². The number of carbonyl (C=O) groups excluding carboxylic acids is 2. The van der Waals surface area contributed by atoms with Crippen LogP contribution in [0.5, 0.6) is 0 Å². The van der Waals surface area contributed by atoms with E-state index in [-0.39, 0.29) is 11.7 Å². The monoisotopic (exact) mass is 485 g/mol. The lowest BCUT2D eigenvalue weighted by atomic mass is 10.2. The van der Waals surface area contributed by atoms with Gasteiger partial charge >= 0.3 is 0 Å². The Balaban J connectivity index is 1.64. The van der Waals surface area contributed by atoms with Crippen LogP contribution in [0.25, 0.3) is 11.4 Å². The number of thiophene rings is 1. The van der Waals surface area contributed by atoms with Crippen LogP contribution in [0.1, 0.15) is 42.2 Å². The third-order valence-electron chi connectivity index (χ3n) is 5.30. The van der Waals surface area contributed by atoms with Crippen molar-refractivity contribution in [2.75, 3.05) is 30.3 Å². The third kappa shape index (κ3) is 6.45. The van der Waals surface area contributed by atoms with Crippen molar-refractivity contribution in [2.24, 2.45) is 0 Å². The SMILES string of the molecule is CCN(CC)c1ccc(-c2nnc(SCC(=O)c3ccc(CCNC(C)=O)s3)n2CC)cc1. The van der Waals surface area contributed by atoms with Crippen LogP contribution >= 0.6 is 23.1 Å². The van der Waals surface area contributed by atoms with E-state index in [0.717, 1.165) is 52.4 Å². The van der Waals surface area contributed by atoms with Gasteiger partial charge < -0.3 is 14.8 Å². The molecule has 33 heavy (non-hydrogen) atoms. The largest absolute Gasteiger partial charge is 0.372 e. The number of thioether (sulfide) groups is 1. The number of amides is 1. The second-order valence-electron chi connectivity index (χ2n) is 7.48. The van der Waals surface area contributed by atoms with Crippen LogP contribution in [-0.4, -0.2) is 51.8 Å². The van der Waals surface area contributed by atoms with Crippen LogP contribution in [0, 0.1) is 0 Å². The first-order valence-corrected chi connectivity index (χ1v) is 13.0. The minimum atomic E-state index is -0.0431. The Morgan fingerprint density at radius 3 is 2.42 bits per heavy atom. The van der Waals surface area contributed by atoms with Gasteiger partial charge in [0.1, 0.15) is 0 Å². The zero-order valence-electron chi connectivity index (χ0n) is 19.6. The molecule has 176 valence electrons. The van der Waals surface area contributed by atoms with E-state index < -0.39 is 0 Å². The Labute approximate surface area is 203 Å². The molecule has 0 saturated carbocycles. The number of benzene rings is 1. The molecule has 7 nitrogen and oxygen atoms in total. The first-order valence-electron chi connectivity index (χ1n) is 11.2. The highest BCUT2D eigenvalue weighted by Crippen LogP contribution is 2.27. The molecule has 2 heterocycles. The van der Waals surface area contributed by atoms with E-state index in [1.54, 1.807) is 0 Å². The van der Waals surface area contributed by atoms with Crippen molar-refractivity contribution >= 4 is 40.5 Å². The van der Waals surface area contributed by atoms with E-state index >= 15 is 0 Å². The van der Waals surface area contributed by atoms with Gasteiger partial charge in [0.2, 0.25) is 5.91 Å². The molecule has 0 aliphatic rings. The van der Waals surface area contributed by atoms with Crippen molar-refractivity contribution in [2.45, 2.75) is 45.8 Å². The molecule has 1 aromatic carbocycles. The number of Topliss-reactive ketones (excluding diaryl/α,β-unsaturated/α-hetero) is 1. The molecule has 3 aromatic rings. The number of carbonyl (C=O) groups is 2. The first kappa shape index (κ1) is 25.0. The second-order valence-corrected chi connectivity index (χ2v) is 9.59. The Kier molecular flexibility index (Phi) is 9.08. The Bertz CT molecular complexity index is 1070. The minimum absolute atomic E-state index is 0.0431. The normalized spacial score (nSPS) is 10.9. The number of hydrogen-bond acceptors (Lipinski definition) is 7. The molecule has 0 unspecified atom stereocenters. The lowest BCUT2D eigenvalue weighted by Gasteiger charge is -2.21. The molecule has 0 fully saturated rings. The number of ketones is 1. The zero-order chi connectivity index (χ0) is 23.8. The van der Waals surface area contributed by atoms with E-state index in [4.69, 9.17) is 0 Å². The van der Waals surface area contributed by atoms with Gasteiger partial charge in [0.25, 0.3) is 0 Å². The average Bonchev–Trinajstić information content (AvgIpc) is 3.45. The average molecular weight is 486 g/mol. The van der Waals surface area contributed by atoms with Crippen LogP contribution < -0.4 is 10.2 Å². The number of hydrogen-bond donors (Lipinski definition) is 1. The molecule has 2 aromatic heterocycles. The predicted octanol–water partition coefficient (Wildman–Crippen LogP) is 4.53. The van der Waals surface area contributed by atoms with E-state index in [0.29, 0.717) is 12.3 Å². The fourth-order valence-electron chi connectivity index (χ4n) is 3.53. The highest BCUT2D eigenvalue weighted by Gasteiger charge is 2.16. The summed E-state index contributed by atoms with van der Waals surface area (Å²) < 4.78 is 2.05. The molecule has 0 spiro atoms. The molecule has 1 amide bonds. The van der Waals surface area contributed by atoms with E-state index in [1.165, 1.54) is 35.7 Å². The summed E-state index contributed by atoms with van der Waals surface area (Å²) in [5, 5.41) is 12.3. The minimum Gasteiger partial charge on any atom is -0.372 e. The third-order valence-corrected chi connectivity index (χ3v) is 7.45. The van der Waals surface area contributed by atoms with Crippen molar-refractivity contribution in [1.82, 2.24) is 20.1 Å². The Hall–Kier alpha value is -2.65.